The van der Waals surface area contributed by atoms with Gasteiger partial charge in [-0.3, -0.25) is 0 Å². The first-order valence-corrected chi connectivity index (χ1v) is 3.93. The molecule has 0 fully saturated rings. The summed E-state index contributed by atoms with van der Waals surface area (Å²) < 4.78 is 0. The van der Waals surface area contributed by atoms with Crippen molar-refractivity contribution in [2.45, 2.75) is 13.0 Å². The zero-order valence-electron chi connectivity index (χ0n) is 6.63. The van der Waals surface area contributed by atoms with Gasteiger partial charge in [0.15, 0.2) is 0 Å². The number of benzene rings is 1. The number of hydrogen-bond acceptors (Lipinski definition) is 1. The van der Waals surface area contributed by atoms with E-state index in [2.05, 4.69) is 0 Å². The van der Waals surface area contributed by atoms with Gasteiger partial charge in [-0.05, 0) is 18.6 Å². The van der Waals surface area contributed by atoms with Crippen molar-refractivity contribution in [1.29, 1.82) is 0 Å². The van der Waals surface area contributed by atoms with Crippen molar-refractivity contribution in [1.82, 2.24) is 0 Å². The highest BCUT2D eigenvalue weighted by molar-refractivity contribution is 6.36. The van der Waals surface area contributed by atoms with Gasteiger partial charge >= 0.3 is 0 Å². The maximum atomic E-state index is 9.21. The number of hydrogen-bond donors (Lipinski definition) is 1. The molecular weight excluding hydrogens is 158 g/mol. The van der Waals surface area contributed by atoms with E-state index in [4.69, 9.17) is 11.6 Å². The molecule has 0 saturated carbocycles. The minimum absolute atomic E-state index is 0.483. The summed E-state index contributed by atoms with van der Waals surface area (Å²) in [5.74, 6) is 0. The number of aliphatic hydroxyl groups excluding tert-OH is 1. The summed E-state index contributed by atoms with van der Waals surface area (Å²) in [6.07, 6.45) is -0.483. The first-order chi connectivity index (χ1) is 5.11. The molecule has 1 atom stereocenters. The third kappa shape index (κ3) is 1.98. The van der Waals surface area contributed by atoms with E-state index >= 15 is 0 Å². The molecule has 1 unspecified atom stereocenters. The highest BCUT2D eigenvalue weighted by atomic mass is 35.5. The van der Waals surface area contributed by atoms with Gasteiger partial charge in [0, 0.05) is 5.02 Å². The van der Waals surface area contributed by atoms with E-state index in [0.717, 1.165) is 11.0 Å². The molecule has 3 heteroatoms. The van der Waals surface area contributed by atoms with Crippen LogP contribution in [0.3, 0.4) is 0 Å². The molecule has 0 saturated heterocycles. The largest absolute Gasteiger partial charge is 0.389 e. The number of aliphatic hydroxyl groups is 1. The normalized spacial score (nSPS) is 13.0. The van der Waals surface area contributed by atoms with Crippen molar-refractivity contribution >= 4 is 24.9 Å². The third-order valence-electron chi connectivity index (χ3n) is 1.61. The minimum atomic E-state index is -0.483. The van der Waals surface area contributed by atoms with E-state index in [9.17, 15) is 5.11 Å². The van der Waals surface area contributed by atoms with Crippen LogP contribution in [-0.4, -0.2) is 13.0 Å². The molecule has 1 aromatic rings. The first-order valence-electron chi connectivity index (χ1n) is 3.55. The first kappa shape index (κ1) is 8.63. The summed E-state index contributed by atoms with van der Waals surface area (Å²) in [5.41, 5.74) is 1.90. The fraction of sp³-hybridized carbons (Fsp3) is 0.250. The van der Waals surface area contributed by atoms with Crippen LogP contribution in [0.1, 0.15) is 18.6 Å². The summed E-state index contributed by atoms with van der Waals surface area (Å²) in [5, 5.41) is 9.85. The highest BCUT2D eigenvalue weighted by Gasteiger charge is 2.04. The van der Waals surface area contributed by atoms with Crippen molar-refractivity contribution in [3.05, 3.63) is 28.8 Å². The van der Waals surface area contributed by atoms with Crippen LogP contribution in [0.25, 0.3) is 0 Å². The summed E-state index contributed by atoms with van der Waals surface area (Å²) in [4.78, 5) is 0. The second kappa shape index (κ2) is 3.29. The summed E-state index contributed by atoms with van der Waals surface area (Å²) in [6, 6.07) is 5.64. The molecule has 0 aliphatic heterocycles. The predicted octanol–water partition coefficient (Wildman–Crippen LogP) is 0.652. The maximum Gasteiger partial charge on any atom is 0.139 e. The fourth-order valence-electron chi connectivity index (χ4n) is 0.971. The Bertz CT molecular complexity index is 260. The van der Waals surface area contributed by atoms with Gasteiger partial charge in [-0.2, -0.15) is 0 Å². The molecule has 0 spiro atoms. The number of rotatable bonds is 1. The standard InChI is InChI=1S/C8H10BClO/c1-5(11)7-3-2-6(9)4-8(7)10/h2-5,11H,9H2,1H3. The van der Waals surface area contributed by atoms with Crippen LogP contribution in [0.5, 0.6) is 0 Å². The maximum absolute atomic E-state index is 9.21. The predicted molar refractivity (Wildman–Crippen MR) is 50.3 cm³/mol. The summed E-state index contributed by atoms with van der Waals surface area (Å²) >= 11 is 5.86. The van der Waals surface area contributed by atoms with Crippen LogP contribution in [0, 0.1) is 0 Å². The lowest BCUT2D eigenvalue weighted by atomic mass is 9.94. The molecule has 1 aromatic carbocycles. The van der Waals surface area contributed by atoms with Gasteiger partial charge < -0.3 is 5.11 Å². The van der Waals surface area contributed by atoms with Gasteiger partial charge in [-0.1, -0.05) is 29.2 Å². The average Bonchev–Trinajstić information content (AvgIpc) is 1.85. The quantitative estimate of drug-likeness (QED) is 0.611. The van der Waals surface area contributed by atoms with E-state index in [1.165, 1.54) is 0 Å². The Kier molecular flexibility index (Phi) is 2.58. The van der Waals surface area contributed by atoms with Crippen LogP contribution < -0.4 is 5.46 Å². The van der Waals surface area contributed by atoms with Gasteiger partial charge in [0.05, 0.1) is 6.10 Å². The zero-order chi connectivity index (χ0) is 8.43. The molecule has 0 aromatic heterocycles. The smallest absolute Gasteiger partial charge is 0.139 e. The Morgan fingerprint density at radius 3 is 2.64 bits per heavy atom. The van der Waals surface area contributed by atoms with Gasteiger partial charge in [0.1, 0.15) is 7.85 Å². The molecule has 0 radical (unpaired) electrons. The molecule has 1 N–H and O–H groups in total. The van der Waals surface area contributed by atoms with Crippen LogP contribution in [-0.2, 0) is 0 Å². The molecule has 58 valence electrons. The molecule has 0 aliphatic carbocycles. The van der Waals surface area contributed by atoms with Crippen molar-refractivity contribution in [3.8, 4) is 0 Å². The van der Waals surface area contributed by atoms with Gasteiger partial charge in [-0.25, -0.2) is 0 Å². The van der Waals surface area contributed by atoms with E-state index in [0.29, 0.717) is 5.02 Å². The molecular formula is C8H10BClO. The molecule has 11 heavy (non-hydrogen) atoms. The minimum Gasteiger partial charge on any atom is -0.389 e. The van der Waals surface area contributed by atoms with Crippen LogP contribution in [0.2, 0.25) is 5.02 Å². The topological polar surface area (TPSA) is 20.2 Å². The van der Waals surface area contributed by atoms with Crippen molar-refractivity contribution < 1.29 is 5.11 Å². The SMILES string of the molecule is Bc1ccc(C(C)O)c(Cl)c1. The second-order valence-electron chi connectivity index (χ2n) is 2.70. The van der Waals surface area contributed by atoms with Crippen LogP contribution in [0.4, 0.5) is 0 Å². The Hall–Kier alpha value is -0.465. The van der Waals surface area contributed by atoms with E-state index in [1.807, 2.05) is 26.0 Å². The molecule has 0 bridgehead atoms. The Morgan fingerprint density at radius 2 is 2.18 bits per heavy atom. The summed E-state index contributed by atoms with van der Waals surface area (Å²) in [6.45, 7) is 1.70. The fourth-order valence-corrected chi connectivity index (χ4v) is 1.36. The van der Waals surface area contributed by atoms with E-state index < -0.39 is 6.10 Å². The molecule has 1 nitrogen and oxygen atoms in total. The lowest BCUT2D eigenvalue weighted by Crippen LogP contribution is -2.03. The van der Waals surface area contributed by atoms with Crippen LogP contribution >= 0.6 is 11.6 Å². The highest BCUT2D eigenvalue weighted by Crippen LogP contribution is 2.20. The van der Waals surface area contributed by atoms with Gasteiger partial charge in [0.25, 0.3) is 0 Å². The zero-order valence-corrected chi connectivity index (χ0v) is 7.39. The van der Waals surface area contributed by atoms with Crippen LogP contribution in [0.15, 0.2) is 18.2 Å². The van der Waals surface area contributed by atoms with E-state index in [-0.39, 0.29) is 0 Å². The second-order valence-corrected chi connectivity index (χ2v) is 3.11. The average molecular weight is 168 g/mol. The lowest BCUT2D eigenvalue weighted by molar-refractivity contribution is 0.199. The molecule has 0 amide bonds. The van der Waals surface area contributed by atoms with Gasteiger partial charge in [-0.15, -0.1) is 0 Å². The molecule has 1 rings (SSSR count). The van der Waals surface area contributed by atoms with Crippen molar-refractivity contribution in [2.24, 2.45) is 0 Å². The monoisotopic (exact) mass is 168 g/mol. The van der Waals surface area contributed by atoms with E-state index in [1.54, 1.807) is 6.92 Å². The lowest BCUT2D eigenvalue weighted by Gasteiger charge is -2.06. The molecule has 0 aliphatic rings. The van der Waals surface area contributed by atoms with Crippen molar-refractivity contribution in [2.75, 3.05) is 0 Å². The van der Waals surface area contributed by atoms with Gasteiger partial charge in [0.2, 0.25) is 0 Å². The third-order valence-corrected chi connectivity index (χ3v) is 1.93. The Morgan fingerprint density at radius 1 is 1.55 bits per heavy atom. The Balaban J connectivity index is 3.09. The summed E-state index contributed by atoms with van der Waals surface area (Å²) in [7, 11) is 1.97. The Labute approximate surface area is 72.4 Å². The number of halogens is 1. The molecule has 0 heterocycles. The van der Waals surface area contributed by atoms with Crippen molar-refractivity contribution in [3.63, 3.8) is 0 Å².